The quantitative estimate of drug-likeness (QED) is 0.618. The first kappa shape index (κ1) is 13.2. The minimum Gasteiger partial charge on any atom is -0.397 e. The molecule has 0 saturated heterocycles. The smallest absolute Gasteiger partial charge is 0.397 e. The molecule has 0 amide bonds. The first-order valence-corrected chi connectivity index (χ1v) is 4.54. The molecule has 1 aromatic rings. The highest BCUT2D eigenvalue weighted by Crippen LogP contribution is 2.33. The van der Waals surface area contributed by atoms with Crippen molar-refractivity contribution in [2.75, 3.05) is 0 Å². The van der Waals surface area contributed by atoms with Gasteiger partial charge in [-0.1, -0.05) is 0 Å². The van der Waals surface area contributed by atoms with Gasteiger partial charge in [-0.25, -0.2) is 0 Å². The van der Waals surface area contributed by atoms with Gasteiger partial charge in [-0.3, -0.25) is 0 Å². The summed E-state index contributed by atoms with van der Waals surface area (Å²) in [7, 11) is 0. The fourth-order valence-corrected chi connectivity index (χ4v) is 1.26. The summed E-state index contributed by atoms with van der Waals surface area (Å²) in [5.41, 5.74) is -0.411. The molecule has 0 fully saturated rings. The maximum absolute atomic E-state index is 11.9. The van der Waals surface area contributed by atoms with Crippen LogP contribution < -0.4 is 4.74 Å². The highest BCUT2D eigenvalue weighted by molar-refractivity contribution is 9.10. The zero-order valence-electron chi connectivity index (χ0n) is 7.66. The molecule has 0 spiro atoms. The van der Waals surface area contributed by atoms with Crippen LogP contribution >= 0.6 is 15.9 Å². The molecule has 6 nitrogen and oxygen atoms in total. The Kier molecular flexibility index (Phi) is 3.52. The summed E-state index contributed by atoms with van der Waals surface area (Å²) < 4.78 is 39.1. The number of hydrogen-bond donors (Lipinski definition) is 0. The van der Waals surface area contributed by atoms with Crippen LogP contribution in [0.15, 0.2) is 10.5 Å². The van der Waals surface area contributed by atoms with Gasteiger partial charge < -0.3 is 14.9 Å². The standard InChI is InChI=1S/C7HBrF3N3O3/c8-3-1-5(17-7(9,10)11)6(14(15)16)13-4(3)2-12/h1H. The zero-order chi connectivity index (χ0) is 13.2. The molecule has 0 radical (unpaired) electrons. The Labute approximate surface area is 99.9 Å². The SMILES string of the molecule is N#Cc1nc([N+](=O)[O-])c(OC(F)(F)F)cc1Br. The lowest BCUT2D eigenvalue weighted by Crippen LogP contribution is -2.18. The van der Waals surface area contributed by atoms with Crippen LogP contribution in [0.2, 0.25) is 0 Å². The molecule has 0 N–H and O–H groups in total. The fraction of sp³-hybridized carbons (Fsp3) is 0.143. The number of nitrogens with zero attached hydrogens (tertiary/aromatic N) is 3. The zero-order valence-corrected chi connectivity index (χ0v) is 9.24. The number of nitriles is 1. The van der Waals surface area contributed by atoms with Crippen LogP contribution in [0.5, 0.6) is 5.75 Å². The van der Waals surface area contributed by atoms with E-state index in [9.17, 15) is 23.3 Å². The molecule has 0 aliphatic carbocycles. The molecule has 0 saturated carbocycles. The molecule has 1 rings (SSSR count). The van der Waals surface area contributed by atoms with Gasteiger partial charge in [0.2, 0.25) is 5.75 Å². The predicted octanol–water partition coefficient (Wildman–Crippen LogP) is 2.52. The van der Waals surface area contributed by atoms with Crippen molar-refractivity contribution in [2.45, 2.75) is 6.36 Å². The second-order valence-electron chi connectivity index (χ2n) is 2.56. The van der Waals surface area contributed by atoms with Crippen LogP contribution in [-0.2, 0) is 0 Å². The molecule has 1 heterocycles. The minimum atomic E-state index is -5.08. The molecule has 0 unspecified atom stereocenters. The number of hydrogen-bond acceptors (Lipinski definition) is 5. The van der Waals surface area contributed by atoms with Crippen molar-refractivity contribution in [3.05, 3.63) is 26.3 Å². The average molecular weight is 312 g/mol. The molecule has 1 aromatic heterocycles. The third kappa shape index (κ3) is 3.28. The van der Waals surface area contributed by atoms with Crippen molar-refractivity contribution in [2.24, 2.45) is 0 Å². The largest absolute Gasteiger partial charge is 0.573 e. The van der Waals surface area contributed by atoms with Crippen molar-refractivity contribution < 1.29 is 22.8 Å². The van der Waals surface area contributed by atoms with Crippen molar-refractivity contribution in [3.8, 4) is 11.8 Å². The van der Waals surface area contributed by atoms with Crippen molar-refractivity contribution >= 4 is 21.7 Å². The highest BCUT2D eigenvalue weighted by atomic mass is 79.9. The van der Waals surface area contributed by atoms with Gasteiger partial charge in [-0.05, 0) is 25.8 Å². The van der Waals surface area contributed by atoms with Crippen LogP contribution in [-0.4, -0.2) is 16.3 Å². The third-order valence-electron chi connectivity index (χ3n) is 1.43. The number of aromatic nitrogens is 1. The van der Waals surface area contributed by atoms with Gasteiger partial charge in [-0.2, -0.15) is 5.26 Å². The van der Waals surface area contributed by atoms with E-state index in [4.69, 9.17) is 5.26 Å². The molecule has 0 aromatic carbocycles. The molecular formula is C7HBrF3N3O3. The Bertz CT molecular complexity index is 512. The van der Waals surface area contributed by atoms with E-state index in [-0.39, 0.29) is 4.47 Å². The summed E-state index contributed by atoms with van der Waals surface area (Å²) >= 11 is 2.74. The van der Waals surface area contributed by atoms with Crippen LogP contribution in [0, 0.1) is 21.4 Å². The van der Waals surface area contributed by atoms with E-state index < -0.39 is 28.5 Å². The fourth-order valence-electron chi connectivity index (χ4n) is 0.871. The summed E-state index contributed by atoms with van der Waals surface area (Å²) in [4.78, 5) is 12.4. The Morgan fingerprint density at radius 2 is 2.18 bits per heavy atom. The molecule has 0 aliphatic rings. The summed E-state index contributed by atoms with van der Waals surface area (Å²) in [5, 5.41) is 19.0. The van der Waals surface area contributed by atoms with E-state index in [2.05, 4.69) is 25.7 Å². The molecule has 10 heteroatoms. The summed E-state index contributed by atoms with van der Waals surface area (Å²) in [6, 6.07) is 2.15. The van der Waals surface area contributed by atoms with E-state index in [0.29, 0.717) is 6.07 Å². The van der Waals surface area contributed by atoms with Gasteiger partial charge in [-0.15, -0.1) is 13.2 Å². The van der Waals surface area contributed by atoms with Crippen LogP contribution in [0.25, 0.3) is 0 Å². The first-order chi connectivity index (χ1) is 7.74. The predicted molar refractivity (Wildman–Crippen MR) is 50.0 cm³/mol. The van der Waals surface area contributed by atoms with Crippen LogP contribution in [0.1, 0.15) is 5.69 Å². The van der Waals surface area contributed by atoms with Crippen molar-refractivity contribution in [1.29, 1.82) is 5.26 Å². The lowest BCUT2D eigenvalue weighted by atomic mass is 10.3. The maximum atomic E-state index is 11.9. The molecule has 17 heavy (non-hydrogen) atoms. The van der Waals surface area contributed by atoms with Gasteiger partial charge in [0.15, 0.2) is 0 Å². The van der Waals surface area contributed by atoms with E-state index in [1.165, 1.54) is 6.07 Å². The van der Waals surface area contributed by atoms with Crippen molar-refractivity contribution in [3.63, 3.8) is 0 Å². The molecule has 0 aliphatic heterocycles. The Balaban J connectivity index is 3.34. The number of nitro groups is 1. The Morgan fingerprint density at radius 1 is 1.59 bits per heavy atom. The average Bonchev–Trinajstić information content (AvgIpc) is 2.14. The maximum Gasteiger partial charge on any atom is 0.573 e. The number of pyridine rings is 1. The normalized spacial score (nSPS) is 10.8. The van der Waals surface area contributed by atoms with Gasteiger partial charge in [0.05, 0.1) is 4.47 Å². The number of ether oxygens (including phenoxy) is 1. The van der Waals surface area contributed by atoms with E-state index >= 15 is 0 Å². The van der Waals surface area contributed by atoms with Gasteiger partial charge in [0.1, 0.15) is 6.07 Å². The Hall–Kier alpha value is -1.89. The highest BCUT2D eigenvalue weighted by Gasteiger charge is 2.36. The second-order valence-corrected chi connectivity index (χ2v) is 3.41. The van der Waals surface area contributed by atoms with Crippen LogP contribution in [0.4, 0.5) is 19.0 Å². The molecule has 0 atom stereocenters. The number of halogens is 4. The van der Waals surface area contributed by atoms with E-state index in [0.717, 1.165) is 0 Å². The molecule has 90 valence electrons. The van der Waals surface area contributed by atoms with Gasteiger partial charge >= 0.3 is 12.2 Å². The third-order valence-corrected chi connectivity index (χ3v) is 2.03. The lowest BCUT2D eigenvalue weighted by molar-refractivity contribution is -0.393. The topological polar surface area (TPSA) is 89.0 Å². The summed E-state index contributed by atoms with van der Waals surface area (Å²) in [5.74, 6) is -2.27. The van der Waals surface area contributed by atoms with E-state index in [1.807, 2.05) is 0 Å². The lowest BCUT2D eigenvalue weighted by Gasteiger charge is -2.08. The van der Waals surface area contributed by atoms with Crippen LogP contribution in [0.3, 0.4) is 0 Å². The Morgan fingerprint density at radius 3 is 2.59 bits per heavy atom. The summed E-state index contributed by atoms with van der Waals surface area (Å²) in [6.45, 7) is 0. The number of rotatable bonds is 2. The number of alkyl halides is 3. The minimum absolute atomic E-state index is 0.134. The molecular weight excluding hydrogens is 311 g/mol. The monoisotopic (exact) mass is 311 g/mol. The van der Waals surface area contributed by atoms with Gasteiger partial charge in [0.25, 0.3) is 5.69 Å². The van der Waals surface area contributed by atoms with E-state index in [1.54, 1.807) is 0 Å². The first-order valence-electron chi connectivity index (χ1n) is 3.75. The second kappa shape index (κ2) is 4.54. The van der Waals surface area contributed by atoms with Gasteiger partial charge in [0, 0.05) is 6.07 Å². The summed E-state index contributed by atoms with van der Waals surface area (Å²) in [6.07, 6.45) is -5.08. The molecule has 0 bridgehead atoms. The van der Waals surface area contributed by atoms with Crippen molar-refractivity contribution in [1.82, 2.24) is 4.98 Å².